The van der Waals surface area contributed by atoms with Crippen molar-refractivity contribution in [2.75, 3.05) is 7.11 Å². The molecule has 1 heterocycles. The third-order valence-electron chi connectivity index (χ3n) is 3.05. The molecule has 1 aromatic heterocycles. The first-order valence-corrected chi connectivity index (χ1v) is 6.28. The van der Waals surface area contributed by atoms with Crippen molar-refractivity contribution in [3.63, 3.8) is 0 Å². The summed E-state index contributed by atoms with van der Waals surface area (Å²) >= 11 is 0. The van der Waals surface area contributed by atoms with E-state index in [1.54, 1.807) is 0 Å². The SMILES string of the molecule is COc1ccc([N+](=O)[O-])c(C(C#N)Cc2ccccc2)n1. The van der Waals surface area contributed by atoms with Crippen molar-refractivity contribution < 1.29 is 9.66 Å². The normalized spacial score (nSPS) is 11.4. The topological polar surface area (TPSA) is 89.0 Å². The maximum absolute atomic E-state index is 11.1. The van der Waals surface area contributed by atoms with Gasteiger partial charge in [-0.3, -0.25) is 10.1 Å². The first-order chi connectivity index (χ1) is 10.2. The van der Waals surface area contributed by atoms with Crippen LogP contribution in [0.2, 0.25) is 0 Å². The molecule has 0 aliphatic carbocycles. The molecule has 21 heavy (non-hydrogen) atoms. The molecular weight excluding hydrogens is 270 g/mol. The van der Waals surface area contributed by atoms with Crippen LogP contribution in [0.5, 0.6) is 5.88 Å². The zero-order valence-corrected chi connectivity index (χ0v) is 11.4. The Morgan fingerprint density at radius 2 is 2.05 bits per heavy atom. The van der Waals surface area contributed by atoms with Gasteiger partial charge in [0.1, 0.15) is 5.69 Å². The number of hydrogen-bond donors (Lipinski definition) is 0. The smallest absolute Gasteiger partial charge is 0.292 e. The Morgan fingerprint density at radius 1 is 1.33 bits per heavy atom. The molecular formula is C15H13N3O3. The van der Waals surface area contributed by atoms with E-state index in [2.05, 4.69) is 11.1 Å². The van der Waals surface area contributed by atoms with Gasteiger partial charge in [0.05, 0.1) is 24.0 Å². The molecule has 0 aliphatic rings. The van der Waals surface area contributed by atoms with Gasteiger partial charge in [-0.25, -0.2) is 4.98 Å². The van der Waals surface area contributed by atoms with Crippen molar-refractivity contribution >= 4 is 5.69 Å². The van der Waals surface area contributed by atoms with E-state index < -0.39 is 10.8 Å². The number of pyridine rings is 1. The van der Waals surface area contributed by atoms with Crippen LogP contribution in [0.25, 0.3) is 0 Å². The zero-order valence-electron chi connectivity index (χ0n) is 11.4. The minimum atomic E-state index is -0.706. The number of methoxy groups -OCH3 is 1. The van der Waals surface area contributed by atoms with Gasteiger partial charge in [0.15, 0.2) is 0 Å². The number of nitro groups is 1. The highest BCUT2D eigenvalue weighted by molar-refractivity contribution is 5.43. The molecule has 0 spiro atoms. The summed E-state index contributed by atoms with van der Waals surface area (Å²) in [5.74, 6) is -0.452. The Morgan fingerprint density at radius 3 is 2.62 bits per heavy atom. The monoisotopic (exact) mass is 283 g/mol. The highest BCUT2D eigenvalue weighted by Gasteiger charge is 2.25. The first-order valence-electron chi connectivity index (χ1n) is 6.28. The van der Waals surface area contributed by atoms with E-state index in [0.29, 0.717) is 6.42 Å². The quantitative estimate of drug-likeness (QED) is 0.621. The van der Waals surface area contributed by atoms with Crippen LogP contribution in [0.1, 0.15) is 17.2 Å². The maximum atomic E-state index is 11.1. The molecule has 1 atom stereocenters. The van der Waals surface area contributed by atoms with Crippen LogP contribution in [0.15, 0.2) is 42.5 Å². The second-order valence-corrected chi connectivity index (χ2v) is 4.39. The lowest BCUT2D eigenvalue weighted by atomic mass is 9.96. The van der Waals surface area contributed by atoms with E-state index in [1.165, 1.54) is 19.2 Å². The van der Waals surface area contributed by atoms with Gasteiger partial charge >= 0.3 is 0 Å². The molecule has 6 heteroatoms. The van der Waals surface area contributed by atoms with Crippen LogP contribution in [0.3, 0.4) is 0 Å². The molecule has 0 bridgehead atoms. The van der Waals surface area contributed by atoms with E-state index >= 15 is 0 Å². The third kappa shape index (κ3) is 3.34. The summed E-state index contributed by atoms with van der Waals surface area (Å²) in [4.78, 5) is 14.7. The molecule has 0 aliphatic heterocycles. The summed E-state index contributed by atoms with van der Waals surface area (Å²) in [5, 5.41) is 20.5. The average Bonchev–Trinajstić information content (AvgIpc) is 2.52. The molecule has 2 rings (SSSR count). The Bertz CT molecular complexity index is 680. The fourth-order valence-corrected chi connectivity index (χ4v) is 2.03. The van der Waals surface area contributed by atoms with E-state index in [4.69, 9.17) is 4.74 Å². The van der Waals surface area contributed by atoms with Crippen molar-refractivity contribution in [1.82, 2.24) is 4.98 Å². The van der Waals surface area contributed by atoms with Crippen LogP contribution in [-0.2, 0) is 6.42 Å². The van der Waals surface area contributed by atoms with Gasteiger partial charge in [-0.15, -0.1) is 0 Å². The van der Waals surface area contributed by atoms with Crippen LogP contribution in [0, 0.1) is 21.4 Å². The second kappa shape index (κ2) is 6.48. The minimum Gasteiger partial charge on any atom is -0.481 e. The van der Waals surface area contributed by atoms with Gasteiger partial charge in [0, 0.05) is 12.1 Å². The van der Waals surface area contributed by atoms with E-state index in [9.17, 15) is 15.4 Å². The lowest BCUT2D eigenvalue weighted by molar-refractivity contribution is -0.386. The molecule has 0 radical (unpaired) electrons. The largest absolute Gasteiger partial charge is 0.481 e. The number of benzene rings is 1. The van der Waals surface area contributed by atoms with Gasteiger partial charge in [-0.2, -0.15) is 5.26 Å². The van der Waals surface area contributed by atoms with Crippen LogP contribution < -0.4 is 4.74 Å². The van der Waals surface area contributed by atoms with Crippen molar-refractivity contribution in [1.29, 1.82) is 5.26 Å². The summed E-state index contributed by atoms with van der Waals surface area (Å²) in [5.41, 5.74) is 0.881. The highest BCUT2D eigenvalue weighted by atomic mass is 16.6. The zero-order chi connectivity index (χ0) is 15.2. The van der Waals surface area contributed by atoms with Gasteiger partial charge in [-0.05, 0) is 12.0 Å². The Kier molecular flexibility index (Phi) is 4.46. The number of nitriles is 1. The lowest BCUT2D eigenvalue weighted by Crippen LogP contribution is -2.08. The van der Waals surface area contributed by atoms with Gasteiger partial charge < -0.3 is 4.74 Å². The van der Waals surface area contributed by atoms with Gasteiger partial charge in [0.2, 0.25) is 5.88 Å². The van der Waals surface area contributed by atoms with Crippen molar-refractivity contribution in [3.8, 4) is 11.9 Å². The minimum absolute atomic E-state index is 0.130. The van der Waals surface area contributed by atoms with Crippen molar-refractivity contribution in [2.24, 2.45) is 0 Å². The number of aromatic nitrogens is 1. The molecule has 0 fully saturated rings. The Hall–Kier alpha value is -2.94. The molecule has 1 unspecified atom stereocenters. The first kappa shape index (κ1) is 14.5. The summed E-state index contributed by atoms with van der Waals surface area (Å²) in [6, 6.07) is 14.2. The van der Waals surface area contributed by atoms with Crippen LogP contribution in [0.4, 0.5) is 5.69 Å². The second-order valence-electron chi connectivity index (χ2n) is 4.39. The summed E-state index contributed by atoms with van der Waals surface area (Å²) in [6.07, 6.45) is 0.359. The van der Waals surface area contributed by atoms with Crippen LogP contribution in [-0.4, -0.2) is 17.0 Å². The Labute approximate surface area is 121 Å². The highest BCUT2D eigenvalue weighted by Crippen LogP contribution is 2.29. The molecule has 0 saturated heterocycles. The average molecular weight is 283 g/mol. The number of hydrogen-bond acceptors (Lipinski definition) is 5. The fourth-order valence-electron chi connectivity index (χ4n) is 2.03. The number of nitrogens with zero attached hydrogens (tertiary/aromatic N) is 3. The standard InChI is InChI=1S/C15H13N3O3/c1-21-14-8-7-13(18(19)20)15(17-14)12(10-16)9-11-5-3-2-4-6-11/h2-8,12H,9H2,1H3. The van der Waals surface area contributed by atoms with Crippen LogP contribution >= 0.6 is 0 Å². The number of ether oxygens (including phenoxy) is 1. The third-order valence-corrected chi connectivity index (χ3v) is 3.05. The summed E-state index contributed by atoms with van der Waals surface area (Å²) in [6.45, 7) is 0. The molecule has 106 valence electrons. The van der Waals surface area contributed by atoms with Crippen molar-refractivity contribution in [3.05, 3.63) is 63.8 Å². The summed E-state index contributed by atoms with van der Waals surface area (Å²) < 4.78 is 4.99. The fraction of sp³-hybridized carbons (Fsp3) is 0.200. The summed E-state index contributed by atoms with van der Waals surface area (Å²) in [7, 11) is 1.43. The lowest BCUT2D eigenvalue weighted by Gasteiger charge is -2.10. The Balaban J connectivity index is 2.41. The van der Waals surface area contributed by atoms with Crippen molar-refractivity contribution in [2.45, 2.75) is 12.3 Å². The predicted octanol–water partition coefficient (Wildman–Crippen LogP) is 2.85. The van der Waals surface area contributed by atoms with E-state index in [0.717, 1.165) is 5.56 Å². The molecule has 6 nitrogen and oxygen atoms in total. The molecule has 1 aromatic carbocycles. The number of rotatable bonds is 5. The molecule has 0 saturated carbocycles. The van der Waals surface area contributed by atoms with Gasteiger partial charge in [0.25, 0.3) is 5.69 Å². The molecule has 0 amide bonds. The van der Waals surface area contributed by atoms with E-state index in [1.807, 2.05) is 30.3 Å². The molecule has 2 aromatic rings. The maximum Gasteiger partial charge on any atom is 0.292 e. The van der Waals surface area contributed by atoms with E-state index in [-0.39, 0.29) is 17.3 Å². The van der Waals surface area contributed by atoms with Gasteiger partial charge in [-0.1, -0.05) is 30.3 Å². The molecule has 0 N–H and O–H groups in total. The predicted molar refractivity (Wildman–Crippen MR) is 75.9 cm³/mol.